The average Bonchev–Trinajstić information content (AvgIpc) is 1.64. The zero-order chi connectivity index (χ0) is 7.49. The molecular formula is C6H10F3. The van der Waals surface area contributed by atoms with Gasteiger partial charge in [-0.2, -0.15) is 13.2 Å². The summed E-state index contributed by atoms with van der Waals surface area (Å²) in [7, 11) is 0. The molecule has 0 aliphatic carbocycles. The van der Waals surface area contributed by atoms with Crippen LogP contribution in [0.4, 0.5) is 13.2 Å². The van der Waals surface area contributed by atoms with Crippen LogP contribution >= 0.6 is 0 Å². The lowest BCUT2D eigenvalue weighted by atomic mass is 10.1. The summed E-state index contributed by atoms with van der Waals surface area (Å²) in [6.45, 7) is 4.51. The first-order valence-corrected chi connectivity index (χ1v) is 2.84. The van der Waals surface area contributed by atoms with Crippen molar-refractivity contribution in [3.63, 3.8) is 0 Å². The Hall–Kier alpha value is -0.210. The summed E-state index contributed by atoms with van der Waals surface area (Å²) in [6.07, 6.45) is -3.55. The standard InChI is InChI=1S/C6H10F3/c1-3-4-5(2)6(7,8)9/h5H,1,3-4H2,2H3. The van der Waals surface area contributed by atoms with Crippen molar-refractivity contribution in [1.82, 2.24) is 0 Å². The zero-order valence-corrected chi connectivity index (χ0v) is 5.33. The molecule has 0 heterocycles. The fraction of sp³-hybridized carbons (Fsp3) is 0.833. The molecule has 0 aliphatic rings. The molecule has 55 valence electrons. The average molecular weight is 139 g/mol. The molecule has 0 N–H and O–H groups in total. The van der Waals surface area contributed by atoms with E-state index in [0.29, 0.717) is 6.42 Å². The Bertz CT molecular complexity index is 74.9. The molecular weight excluding hydrogens is 129 g/mol. The van der Waals surface area contributed by atoms with E-state index in [0.717, 1.165) is 0 Å². The van der Waals surface area contributed by atoms with Gasteiger partial charge in [-0.25, -0.2) is 0 Å². The molecule has 0 bridgehead atoms. The van der Waals surface area contributed by atoms with Crippen LogP contribution in [0.5, 0.6) is 0 Å². The first kappa shape index (κ1) is 8.79. The highest BCUT2D eigenvalue weighted by molar-refractivity contribution is 4.61. The smallest absolute Gasteiger partial charge is 0.171 e. The van der Waals surface area contributed by atoms with E-state index in [1.165, 1.54) is 6.92 Å². The van der Waals surface area contributed by atoms with Gasteiger partial charge in [0.15, 0.2) is 0 Å². The Labute approximate surface area is 53.1 Å². The maximum Gasteiger partial charge on any atom is 0.391 e. The van der Waals surface area contributed by atoms with E-state index in [-0.39, 0.29) is 6.42 Å². The van der Waals surface area contributed by atoms with Crippen LogP contribution in [-0.4, -0.2) is 6.18 Å². The van der Waals surface area contributed by atoms with Crippen LogP contribution in [0.3, 0.4) is 0 Å². The van der Waals surface area contributed by atoms with Gasteiger partial charge in [-0.05, 0) is 6.42 Å². The molecule has 0 fully saturated rings. The molecule has 0 aromatic carbocycles. The van der Waals surface area contributed by atoms with Gasteiger partial charge >= 0.3 is 6.18 Å². The van der Waals surface area contributed by atoms with E-state index in [2.05, 4.69) is 6.92 Å². The lowest BCUT2D eigenvalue weighted by molar-refractivity contribution is -0.170. The van der Waals surface area contributed by atoms with Crippen molar-refractivity contribution in [3.05, 3.63) is 6.92 Å². The molecule has 0 saturated carbocycles. The van der Waals surface area contributed by atoms with Crippen molar-refractivity contribution in [1.29, 1.82) is 0 Å². The number of halogens is 3. The second-order valence-electron chi connectivity index (χ2n) is 2.08. The normalized spacial score (nSPS) is 15.7. The van der Waals surface area contributed by atoms with Gasteiger partial charge in [0.2, 0.25) is 0 Å². The third-order valence-electron chi connectivity index (χ3n) is 1.20. The third-order valence-corrected chi connectivity index (χ3v) is 1.20. The van der Waals surface area contributed by atoms with Crippen LogP contribution in [0.25, 0.3) is 0 Å². The van der Waals surface area contributed by atoms with Crippen LogP contribution in [0.15, 0.2) is 0 Å². The van der Waals surface area contributed by atoms with E-state index in [4.69, 9.17) is 0 Å². The minimum atomic E-state index is -4.03. The topological polar surface area (TPSA) is 0 Å². The summed E-state index contributed by atoms with van der Waals surface area (Å²) in [5.74, 6) is -1.20. The Morgan fingerprint density at radius 1 is 1.44 bits per heavy atom. The summed E-state index contributed by atoms with van der Waals surface area (Å²) in [5.41, 5.74) is 0. The quantitative estimate of drug-likeness (QED) is 0.551. The molecule has 0 rings (SSSR count). The van der Waals surface area contributed by atoms with E-state index in [9.17, 15) is 13.2 Å². The molecule has 0 aliphatic heterocycles. The molecule has 0 spiro atoms. The van der Waals surface area contributed by atoms with Gasteiger partial charge in [0.1, 0.15) is 0 Å². The van der Waals surface area contributed by atoms with Crippen LogP contribution in [-0.2, 0) is 0 Å². The van der Waals surface area contributed by atoms with Crippen molar-refractivity contribution < 1.29 is 13.2 Å². The van der Waals surface area contributed by atoms with E-state index in [1.54, 1.807) is 0 Å². The second kappa shape index (κ2) is 3.08. The number of rotatable bonds is 2. The highest BCUT2D eigenvalue weighted by Gasteiger charge is 2.34. The Kier molecular flexibility index (Phi) is 3.01. The number of hydrogen-bond donors (Lipinski definition) is 0. The molecule has 1 radical (unpaired) electrons. The van der Waals surface area contributed by atoms with Crippen molar-refractivity contribution in [3.8, 4) is 0 Å². The molecule has 0 aromatic heterocycles. The van der Waals surface area contributed by atoms with Crippen LogP contribution in [0, 0.1) is 12.8 Å². The summed E-state index contributed by atoms with van der Waals surface area (Å²) in [5, 5.41) is 0. The molecule has 0 nitrogen and oxygen atoms in total. The Morgan fingerprint density at radius 3 is 2.00 bits per heavy atom. The van der Waals surface area contributed by atoms with Gasteiger partial charge in [0.05, 0.1) is 5.92 Å². The van der Waals surface area contributed by atoms with Gasteiger partial charge in [-0.1, -0.05) is 20.3 Å². The maximum atomic E-state index is 11.6. The minimum Gasteiger partial charge on any atom is -0.171 e. The Balaban J connectivity index is 3.59. The monoisotopic (exact) mass is 139 g/mol. The molecule has 1 atom stereocenters. The summed E-state index contributed by atoms with van der Waals surface area (Å²) in [4.78, 5) is 0. The third kappa shape index (κ3) is 3.38. The van der Waals surface area contributed by atoms with Crippen molar-refractivity contribution in [2.45, 2.75) is 25.9 Å². The van der Waals surface area contributed by atoms with Gasteiger partial charge in [0, 0.05) is 0 Å². The zero-order valence-electron chi connectivity index (χ0n) is 5.33. The molecule has 0 saturated heterocycles. The van der Waals surface area contributed by atoms with Gasteiger partial charge in [-0.15, -0.1) is 0 Å². The lowest BCUT2D eigenvalue weighted by Crippen LogP contribution is -2.19. The first-order valence-electron chi connectivity index (χ1n) is 2.84. The van der Waals surface area contributed by atoms with E-state index < -0.39 is 12.1 Å². The highest BCUT2D eigenvalue weighted by Crippen LogP contribution is 2.28. The highest BCUT2D eigenvalue weighted by atomic mass is 19.4. The van der Waals surface area contributed by atoms with Crippen LogP contribution in [0.1, 0.15) is 19.8 Å². The largest absolute Gasteiger partial charge is 0.391 e. The van der Waals surface area contributed by atoms with Crippen molar-refractivity contribution >= 4 is 0 Å². The lowest BCUT2D eigenvalue weighted by Gasteiger charge is -2.13. The predicted molar refractivity (Wildman–Crippen MR) is 29.8 cm³/mol. The van der Waals surface area contributed by atoms with Gasteiger partial charge in [0.25, 0.3) is 0 Å². The fourth-order valence-electron chi connectivity index (χ4n) is 0.470. The number of alkyl halides is 3. The summed E-state index contributed by atoms with van der Waals surface area (Å²) < 4.78 is 34.8. The molecule has 0 amide bonds. The van der Waals surface area contributed by atoms with Crippen LogP contribution < -0.4 is 0 Å². The maximum absolute atomic E-state index is 11.6. The number of hydrogen-bond acceptors (Lipinski definition) is 0. The second-order valence-corrected chi connectivity index (χ2v) is 2.08. The Morgan fingerprint density at radius 2 is 1.89 bits per heavy atom. The van der Waals surface area contributed by atoms with Crippen molar-refractivity contribution in [2.75, 3.05) is 0 Å². The first-order chi connectivity index (χ1) is 3.98. The fourth-order valence-corrected chi connectivity index (χ4v) is 0.470. The minimum absolute atomic E-state index is 0.128. The summed E-state index contributed by atoms with van der Waals surface area (Å²) >= 11 is 0. The van der Waals surface area contributed by atoms with Crippen molar-refractivity contribution in [2.24, 2.45) is 5.92 Å². The van der Waals surface area contributed by atoms with Gasteiger partial charge < -0.3 is 0 Å². The van der Waals surface area contributed by atoms with Gasteiger partial charge in [-0.3, -0.25) is 0 Å². The molecule has 3 heteroatoms. The van der Waals surface area contributed by atoms with Crippen LogP contribution in [0.2, 0.25) is 0 Å². The SMILES string of the molecule is [CH2]CCC(C)C(F)(F)F. The molecule has 1 unspecified atom stereocenters. The van der Waals surface area contributed by atoms with E-state index >= 15 is 0 Å². The van der Waals surface area contributed by atoms with E-state index in [1.807, 2.05) is 0 Å². The molecule has 0 aromatic rings. The summed E-state index contributed by atoms with van der Waals surface area (Å²) in [6, 6.07) is 0. The predicted octanol–water partition coefficient (Wildman–Crippen LogP) is 2.80. The molecule has 9 heavy (non-hydrogen) atoms.